The molecule has 0 radical (unpaired) electrons. The topological polar surface area (TPSA) is 26.3 Å². The van der Waals surface area contributed by atoms with Crippen molar-refractivity contribution in [2.24, 2.45) is 0 Å². The number of ether oxygens (including phenoxy) is 1. The third-order valence-electron chi connectivity index (χ3n) is 3.11. The summed E-state index contributed by atoms with van der Waals surface area (Å²) in [7, 11) is 1.60. The number of benzene rings is 2. The van der Waals surface area contributed by atoms with Gasteiger partial charge in [0, 0.05) is 11.1 Å². The van der Waals surface area contributed by atoms with Crippen LogP contribution in [0.4, 0.5) is 0 Å². The normalized spacial score (nSPS) is 10.3. The smallest absolute Gasteiger partial charge is 0.194 e. The fourth-order valence-corrected chi connectivity index (χ4v) is 2.20. The summed E-state index contributed by atoms with van der Waals surface area (Å²) in [5, 5.41) is 0.516. The summed E-state index contributed by atoms with van der Waals surface area (Å²) in [6, 6.07) is 10.9. The van der Waals surface area contributed by atoms with Gasteiger partial charge in [-0.25, -0.2) is 0 Å². The van der Waals surface area contributed by atoms with Crippen LogP contribution in [0.3, 0.4) is 0 Å². The van der Waals surface area contributed by atoms with Crippen molar-refractivity contribution in [1.82, 2.24) is 0 Å². The van der Waals surface area contributed by atoms with Gasteiger partial charge in [0.25, 0.3) is 0 Å². The average molecular weight is 275 g/mol. The molecule has 0 N–H and O–H groups in total. The van der Waals surface area contributed by atoms with Gasteiger partial charge in [-0.15, -0.1) is 0 Å². The third-order valence-corrected chi connectivity index (χ3v) is 3.62. The number of carbonyl (C=O) groups excluding carboxylic acids is 1. The van der Waals surface area contributed by atoms with Crippen LogP contribution in [0.1, 0.15) is 27.0 Å². The van der Waals surface area contributed by atoms with Gasteiger partial charge in [0.1, 0.15) is 5.75 Å². The first-order valence-electron chi connectivity index (χ1n) is 5.99. The number of hydrogen-bond acceptors (Lipinski definition) is 2. The molecule has 2 rings (SSSR count). The van der Waals surface area contributed by atoms with Gasteiger partial charge in [0.15, 0.2) is 5.78 Å². The second kappa shape index (κ2) is 5.45. The van der Waals surface area contributed by atoms with E-state index in [1.807, 2.05) is 32.0 Å². The SMILES string of the molecule is COc1ccc(C(=O)c2cccc(C)c2Cl)c(C)c1. The first kappa shape index (κ1) is 13.6. The minimum absolute atomic E-state index is 0.0612. The number of ketones is 1. The van der Waals surface area contributed by atoms with E-state index in [-0.39, 0.29) is 5.78 Å². The van der Waals surface area contributed by atoms with E-state index in [2.05, 4.69) is 0 Å². The van der Waals surface area contributed by atoms with Gasteiger partial charge >= 0.3 is 0 Å². The first-order valence-corrected chi connectivity index (χ1v) is 6.37. The number of hydrogen-bond donors (Lipinski definition) is 0. The molecular formula is C16H15ClO2. The molecule has 2 aromatic carbocycles. The van der Waals surface area contributed by atoms with Crippen molar-refractivity contribution in [2.75, 3.05) is 7.11 Å². The molecule has 0 bridgehead atoms. The van der Waals surface area contributed by atoms with Crippen LogP contribution in [-0.4, -0.2) is 12.9 Å². The van der Waals surface area contributed by atoms with Crippen LogP contribution in [0, 0.1) is 13.8 Å². The summed E-state index contributed by atoms with van der Waals surface area (Å²) in [6.45, 7) is 3.78. The van der Waals surface area contributed by atoms with Crippen molar-refractivity contribution >= 4 is 17.4 Å². The highest BCUT2D eigenvalue weighted by atomic mass is 35.5. The lowest BCUT2D eigenvalue weighted by Crippen LogP contribution is -2.05. The molecule has 0 amide bonds. The van der Waals surface area contributed by atoms with E-state index < -0.39 is 0 Å². The molecule has 3 heteroatoms. The van der Waals surface area contributed by atoms with Crippen LogP contribution >= 0.6 is 11.6 Å². The molecule has 0 fully saturated rings. The Morgan fingerprint density at radius 2 is 1.79 bits per heavy atom. The molecule has 0 saturated heterocycles. The van der Waals surface area contributed by atoms with Gasteiger partial charge in [0.2, 0.25) is 0 Å². The zero-order valence-corrected chi connectivity index (χ0v) is 11.9. The number of rotatable bonds is 3. The molecule has 0 aliphatic heterocycles. The Morgan fingerprint density at radius 3 is 2.42 bits per heavy atom. The van der Waals surface area contributed by atoms with Crippen LogP contribution in [0.5, 0.6) is 5.75 Å². The summed E-state index contributed by atoms with van der Waals surface area (Å²) in [4.78, 5) is 12.5. The van der Waals surface area contributed by atoms with Gasteiger partial charge in [0.05, 0.1) is 12.1 Å². The molecule has 2 nitrogen and oxygen atoms in total. The highest BCUT2D eigenvalue weighted by Gasteiger charge is 2.16. The van der Waals surface area contributed by atoms with E-state index in [1.165, 1.54) is 0 Å². The third kappa shape index (κ3) is 2.64. The maximum absolute atomic E-state index is 12.5. The molecule has 98 valence electrons. The Morgan fingerprint density at radius 1 is 1.05 bits per heavy atom. The quantitative estimate of drug-likeness (QED) is 0.784. The van der Waals surface area contributed by atoms with Gasteiger partial charge in [-0.2, -0.15) is 0 Å². The van der Waals surface area contributed by atoms with E-state index in [4.69, 9.17) is 16.3 Å². The summed E-state index contributed by atoms with van der Waals surface area (Å²) >= 11 is 6.20. The predicted octanol–water partition coefficient (Wildman–Crippen LogP) is 4.20. The lowest BCUT2D eigenvalue weighted by molar-refractivity contribution is 0.103. The molecule has 0 aliphatic carbocycles. The van der Waals surface area contributed by atoms with Crippen molar-refractivity contribution in [3.63, 3.8) is 0 Å². The summed E-state index contributed by atoms with van der Waals surface area (Å²) in [6.07, 6.45) is 0. The molecule has 2 aromatic rings. The predicted molar refractivity (Wildman–Crippen MR) is 77.4 cm³/mol. The second-order valence-corrected chi connectivity index (χ2v) is 4.82. The van der Waals surface area contributed by atoms with Gasteiger partial charge in [-0.1, -0.05) is 23.7 Å². The van der Waals surface area contributed by atoms with E-state index in [0.29, 0.717) is 16.1 Å². The van der Waals surface area contributed by atoms with Crippen LogP contribution in [0.2, 0.25) is 5.02 Å². The Bertz CT molecular complexity index is 633. The average Bonchev–Trinajstić information content (AvgIpc) is 2.41. The fourth-order valence-electron chi connectivity index (χ4n) is 1.99. The first-order chi connectivity index (χ1) is 9.04. The molecular weight excluding hydrogens is 260 g/mol. The zero-order valence-electron chi connectivity index (χ0n) is 11.2. The van der Waals surface area contributed by atoms with Crippen molar-refractivity contribution in [3.8, 4) is 5.75 Å². The van der Waals surface area contributed by atoms with E-state index in [0.717, 1.165) is 16.9 Å². The van der Waals surface area contributed by atoms with Crippen LogP contribution in [0.25, 0.3) is 0 Å². The Labute approximate surface area is 118 Å². The van der Waals surface area contributed by atoms with Crippen LogP contribution < -0.4 is 4.74 Å². The molecule has 19 heavy (non-hydrogen) atoms. The number of halogens is 1. The number of aryl methyl sites for hydroxylation is 2. The van der Waals surface area contributed by atoms with Gasteiger partial charge < -0.3 is 4.74 Å². The zero-order chi connectivity index (χ0) is 14.0. The molecule has 0 saturated carbocycles. The summed E-state index contributed by atoms with van der Waals surface area (Å²) in [5.74, 6) is 0.679. The standard InChI is InChI=1S/C16H15ClO2/c1-10-5-4-6-14(15(10)17)16(18)13-8-7-12(19-3)9-11(13)2/h4-9H,1-3H3. The molecule has 0 atom stereocenters. The van der Waals surface area contributed by atoms with Gasteiger partial charge in [-0.3, -0.25) is 4.79 Å². The van der Waals surface area contributed by atoms with E-state index in [1.54, 1.807) is 25.3 Å². The molecule has 0 heterocycles. The molecule has 0 aromatic heterocycles. The van der Waals surface area contributed by atoms with Crippen molar-refractivity contribution in [1.29, 1.82) is 0 Å². The molecule has 0 unspecified atom stereocenters. The van der Waals surface area contributed by atoms with E-state index in [9.17, 15) is 4.79 Å². The second-order valence-electron chi connectivity index (χ2n) is 4.45. The van der Waals surface area contributed by atoms with Crippen LogP contribution in [-0.2, 0) is 0 Å². The fraction of sp³-hybridized carbons (Fsp3) is 0.188. The summed E-state index contributed by atoms with van der Waals surface area (Å²) < 4.78 is 5.14. The van der Waals surface area contributed by atoms with Crippen molar-refractivity contribution < 1.29 is 9.53 Å². The lowest BCUT2D eigenvalue weighted by Gasteiger charge is -2.09. The van der Waals surface area contributed by atoms with Crippen LogP contribution in [0.15, 0.2) is 36.4 Å². The monoisotopic (exact) mass is 274 g/mol. The van der Waals surface area contributed by atoms with E-state index >= 15 is 0 Å². The Balaban J connectivity index is 2.47. The number of methoxy groups -OCH3 is 1. The lowest BCUT2D eigenvalue weighted by atomic mass is 9.98. The van der Waals surface area contributed by atoms with Gasteiger partial charge in [-0.05, 0) is 49.2 Å². The highest BCUT2D eigenvalue weighted by Crippen LogP contribution is 2.25. The minimum atomic E-state index is -0.0612. The molecule has 0 spiro atoms. The minimum Gasteiger partial charge on any atom is -0.497 e. The molecule has 0 aliphatic rings. The Kier molecular flexibility index (Phi) is 3.91. The number of carbonyl (C=O) groups is 1. The maximum atomic E-state index is 12.5. The maximum Gasteiger partial charge on any atom is 0.194 e. The summed E-state index contributed by atoms with van der Waals surface area (Å²) in [5.41, 5.74) is 2.96. The van der Waals surface area contributed by atoms with Crippen molar-refractivity contribution in [3.05, 3.63) is 63.7 Å². The largest absolute Gasteiger partial charge is 0.497 e. The van der Waals surface area contributed by atoms with Crippen molar-refractivity contribution in [2.45, 2.75) is 13.8 Å². The Hall–Kier alpha value is -1.80. The highest BCUT2D eigenvalue weighted by molar-refractivity contribution is 6.35.